The van der Waals surface area contributed by atoms with Crippen molar-refractivity contribution in [3.05, 3.63) is 29.3 Å². The van der Waals surface area contributed by atoms with Gasteiger partial charge in [-0.2, -0.15) is 0 Å². The van der Waals surface area contributed by atoms with Gasteiger partial charge in [0.15, 0.2) is 0 Å². The molecular formula is C15H25NO. The summed E-state index contributed by atoms with van der Waals surface area (Å²) in [7, 11) is 0. The Balaban J connectivity index is 2.50. The lowest BCUT2D eigenvalue weighted by Crippen LogP contribution is -2.30. The predicted molar refractivity (Wildman–Crippen MR) is 73.8 cm³/mol. The smallest absolute Gasteiger partial charge is 0.119 e. The molecule has 0 spiro atoms. The minimum absolute atomic E-state index is 0.242. The maximum atomic E-state index is 5.93. The van der Waals surface area contributed by atoms with Crippen molar-refractivity contribution in [2.75, 3.05) is 6.54 Å². The Labute approximate surface area is 105 Å². The SMILES string of the molecule is CCNC(C)CC(C)Oc1ccc(C)c(C)c1. The van der Waals surface area contributed by atoms with E-state index < -0.39 is 0 Å². The number of rotatable bonds is 6. The lowest BCUT2D eigenvalue weighted by Gasteiger charge is -2.20. The van der Waals surface area contributed by atoms with E-state index in [1.165, 1.54) is 11.1 Å². The van der Waals surface area contributed by atoms with Gasteiger partial charge in [-0.25, -0.2) is 0 Å². The van der Waals surface area contributed by atoms with Crippen molar-refractivity contribution >= 4 is 0 Å². The summed E-state index contributed by atoms with van der Waals surface area (Å²) in [6.45, 7) is 11.7. The third kappa shape index (κ3) is 4.78. The molecule has 0 fully saturated rings. The first kappa shape index (κ1) is 14.0. The Hall–Kier alpha value is -1.02. The van der Waals surface area contributed by atoms with Gasteiger partial charge in [0.25, 0.3) is 0 Å². The fourth-order valence-corrected chi connectivity index (χ4v) is 2.00. The molecule has 1 N–H and O–H groups in total. The molecule has 2 unspecified atom stereocenters. The molecule has 17 heavy (non-hydrogen) atoms. The van der Waals surface area contributed by atoms with E-state index in [1.807, 2.05) is 0 Å². The monoisotopic (exact) mass is 235 g/mol. The van der Waals surface area contributed by atoms with Crippen molar-refractivity contribution in [1.82, 2.24) is 5.32 Å². The quantitative estimate of drug-likeness (QED) is 0.815. The Morgan fingerprint density at radius 3 is 2.47 bits per heavy atom. The topological polar surface area (TPSA) is 21.3 Å². The zero-order valence-corrected chi connectivity index (χ0v) is 11.7. The second kappa shape index (κ2) is 6.65. The summed E-state index contributed by atoms with van der Waals surface area (Å²) in [5.41, 5.74) is 2.60. The van der Waals surface area contributed by atoms with Crippen LogP contribution in [0.2, 0.25) is 0 Å². The summed E-state index contributed by atoms with van der Waals surface area (Å²) in [6.07, 6.45) is 1.27. The highest BCUT2D eigenvalue weighted by Crippen LogP contribution is 2.18. The van der Waals surface area contributed by atoms with Crippen LogP contribution in [-0.2, 0) is 0 Å². The van der Waals surface area contributed by atoms with Crippen LogP contribution in [0, 0.1) is 13.8 Å². The summed E-state index contributed by atoms with van der Waals surface area (Å²) in [5.74, 6) is 0.976. The van der Waals surface area contributed by atoms with Gasteiger partial charge in [-0.15, -0.1) is 0 Å². The third-order valence-corrected chi connectivity index (χ3v) is 3.05. The molecule has 96 valence electrons. The molecule has 0 saturated carbocycles. The molecule has 0 aromatic heterocycles. The van der Waals surface area contributed by atoms with Crippen LogP contribution < -0.4 is 10.1 Å². The minimum atomic E-state index is 0.242. The molecule has 0 aliphatic heterocycles. The van der Waals surface area contributed by atoms with Crippen LogP contribution in [0.3, 0.4) is 0 Å². The number of hydrogen-bond acceptors (Lipinski definition) is 2. The fourth-order valence-electron chi connectivity index (χ4n) is 2.00. The van der Waals surface area contributed by atoms with Crippen LogP contribution >= 0.6 is 0 Å². The van der Waals surface area contributed by atoms with Crippen molar-refractivity contribution in [2.24, 2.45) is 0 Å². The molecule has 0 bridgehead atoms. The van der Waals surface area contributed by atoms with Gasteiger partial charge in [0.2, 0.25) is 0 Å². The standard InChI is InChI=1S/C15H25NO/c1-6-16-13(4)10-14(5)17-15-8-7-11(2)12(3)9-15/h7-9,13-14,16H,6,10H2,1-5H3. The Kier molecular flexibility index (Phi) is 5.49. The van der Waals surface area contributed by atoms with E-state index >= 15 is 0 Å². The zero-order valence-electron chi connectivity index (χ0n) is 11.7. The summed E-state index contributed by atoms with van der Waals surface area (Å²) < 4.78 is 5.93. The minimum Gasteiger partial charge on any atom is -0.491 e. The van der Waals surface area contributed by atoms with Gasteiger partial charge in [-0.1, -0.05) is 13.0 Å². The first-order valence-electron chi connectivity index (χ1n) is 6.50. The summed E-state index contributed by atoms with van der Waals surface area (Å²) in [4.78, 5) is 0. The van der Waals surface area contributed by atoms with E-state index in [-0.39, 0.29) is 6.10 Å². The first-order chi connectivity index (χ1) is 8.02. The Bertz CT molecular complexity index is 349. The second-order valence-electron chi connectivity index (χ2n) is 4.87. The molecule has 2 heteroatoms. The molecule has 0 amide bonds. The summed E-state index contributed by atoms with van der Waals surface area (Å²) in [6, 6.07) is 6.78. The van der Waals surface area contributed by atoms with Crippen molar-refractivity contribution in [1.29, 1.82) is 0 Å². The third-order valence-electron chi connectivity index (χ3n) is 3.05. The van der Waals surface area contributed by atoms with E-state index in [0.717, 1.165) is 18.7 Å². The van der Waals surface area contributed by atoms with Gasteiger partial charge in [0.1, 0.15) is 5.75 Å². The van der Waals surface area contributed by atoms with Gasteiger partial charge in [0, 0.05) is 6.04 Å². The molecule has 0 saturated heterocycles. The normalized spacial score (nSPS) is 14.4. The highest BCUT2D eigenvalue weighted by Gasteiger charge is 2.09. The molecular weight excluding hydrogens is 210 g/mol. The van der Waals surface area contributed by atoms with Crippen LogP contribution in [0.5, 0.6) is 5.75 Å². The van der Waals surface area contributed by atoms with E-state index in [1.54, 1.807) is 0 Å². The van der Waals surface area contributed by atoms with Crippen LogP contribution in [0.1, 0.15) is 38.3 Å². The van der Waals surface area contributed by atoms with Gasteiger partial charge in [-0.05, 0) is 63.9 Å². The summed E-state index contributed by atoms with van der Waals surface area (Å²) >= 11 is 0. The van der Waals surface area contributed by atoms with Crippen molar-refractivity contribution in [2.45, 2.75) is 53.2 Å². The van der Waals surface area contributed by atoms with Crippen molar-refractivity contribution in [3.8, 4) is 5.75 Å². The van der Waals surface area contributed by atoms with Crippen LogP contribution in [-0.4, -0.2) is 18.7 Å². The van der Waals surface area contributed by atoms with Crippen molar-refractivity contribution in [3.63, 3.8) is 0 Å². The zero-order chi connectivity index (χ0) is 12.8. The molecule has 2 atom stereocenters. The van der Waals surface area contributed by atoms with Crippen LogP contribution in [0.25, 0.3) is 0 Å². The molecule has 1 aromatic rings. The Morgan fingerprint density at radius 1 is 1.18 bits per heavy atom. The highest BCUT2D eigenvalue weighted by molar-refractivity contribution is 5.33. The Morgan fingerprint density at radius 2 is 1.88 bits per heavy atom. The van der Waals surface area contributed by atoms with Gasteiger partial charge in [-0.3, -0.25) is 0 Å². The maximum Gasteiger partial charge on any atom is 0.119 e. The van der Waals surface area contributed by atoms with Gasteiger partial charge >= 0.3 is 0 Å². The van der Waals surface area contributed by atoms with E-state index in [4.69, 9.17) is 4.74 Å². The van der Waals surface area contributed by atoms with Crippen molar-refractivity contribution < 1.29 is 4.74 Å². The molecule has 0 heterocycles. The second-order valence-corrected chi connectivity index (χ2v) is 4.87. The predicted octanol–water partition coefficient (Wildman–Crippen LogP) is 3.46. The number of aryl methyl sites for hydroxylation is 2. The molecule has 0 radical (unpaired) electrons. The van der Waals surface area contributed by atoms with Crippen LogP contribution in [0.15, 0.2) is 18.2 Å². The number of ether oxygens (including phenoxy) is 1. The maximum absolute atomic E-state index is 5.93. The molecule has 0 aliphatic rings. The lowest BCUT2D eigenvalue weighted by atomic mass is 10.1. The van der Waals surface area contributed by atoms with Crippen LogP contribution in [0.4, 0.5) is 0 Å². The van der Waals surface area contributed by atoms with Gasteiger partial charge < -0.3 is 10.1 Å². The molecule has 1 aromatic carbocycles. The van der Waals surface area contributed by atoms with Gasteiger partial charge in [0.05, 0.1) is 6.10 Å². The average molecular weight is 235 g/mol. The number of benzene rings is 1. The lowest BCUT2D eigenvalue weighted by molar-refractivity contribution is 0.196. The largest absolute Gasteiger partial charge is 0.491 e. The number of hydrogen-bond donors (Lipinski definition) is 1. The average Bonchev–Trinajstić information content (AvgIpc) is 2.23. The summed E-state index contributed by atoms with van der Waals surface area (Å²) in [5, 5.41) is 3.40. The van der Waals surface area contributed by atoms with E-state index in [2.05, 4.69) is 58.1 Å². The fraction of sp³-hybridized carbons (Fsp3) is 0.600. The van der Waals surface area contributed by atoms with E-state index in [9.17, 15) is 0 Å². The number of nitrogens with one attached hydrogen (secondary N) is 1. The van der Waals surface area contributed by atoms with E-state index in [0.29, 0.717) is 6.04 Å². The first-order valence-corrected chi connectivity index (χ1v) is 6.50. The highest BCUT2D eigenvalue weighted by atomic mass is 16.5. The molecule has 1 rings (SSSR count). The molecule has 0 aliphatic carbocycles. The molecule has 2 nitrogen and oxygen atoms in total.